The van der Waals surface area contributed by atoms with E-state index in [-0.39, 0.29) is 5.91 Å². The molecule has 0 saturated heterocycles. The van der Waals surface area contributed by atoms with Crippen LogP contribution in [-0.4, -0.2) is 58.3 Å². The predicted molar refractivity (Wildman–Crippen MR) is 84.7 cm³/mol. The van der Waals surface area contributed by atoms with Gasteiger partial charge in [-0.2, -0.15) is 0 Å². The lowest BCUT2D eigenvalue weighted by Gasteiger charge is -2.22. The highest BCUT2D eigenvalue weighted by atomic mass is 16.2. The number of carbonyl (C=O) groups excluding carboxylic acids is 1. The van der Waals surface area contributed by atoms with E-state index in [1.807, 2.05) is 42.8 Å². The third kappa shape index (κ3) is 3.42. The lowest BCUT2D eigenvalue weighted by Crippen LogP contribution is -2.36. The van der Waals surface area contributed by atoms with E-state index in [0.717, 1.165) is 31.0 Å². The molecule has 1 amide bonds. The number of hydrogen-bond donors (Lipinski definition) is 0. The minimum atomic E-state index is -0.0229. The average molecular weight is 288 g/mol. The molecular weight excluding hydrogens is 264 g/mol. The predicted octanol–water partition coefficient (Wildman–Crippen LogP) is 2.06. The molecule has 0 N–H and O–H groups in total. The number of hydrogen-bond acceptors (Lipinski definition) is 3. The van der Waals surface area contributed by atoms with Crippen LogP contribution in [0.15, 0.2) is 24.4 Å². The summed E-state index contributed by atoms with van der Waals surface area (Å²) in [6.07, 6.45) is 1.82. The van der Waals surface area contributed by atoms with Crippen molar-refractivity contribution in [3.63, 3.8) is 0 Å². The highest BCUT2D eigenvalue weighted by Crippen LogP contribution is 2.10. The van der Waals surface area contributed by atoms with Gasteiger partial charge >= 0.3 is 0 Å². The molecular formula is C16H24N4O. The van der Waals surface area contributed by atoms with Crippen LogP contribution in [0.5, 0.6) is 0 Å². The van der Waals surface area contributed by atoms with Gasteiger partial charge in [0.05, 0.1) is 0 Å². The Morgan fingerprint density at radius 3 is 2.57 bits per heavy atom. The Labute approximate surface area is 126 Å². The molecule has 0 radical (unpaired) electrons. The molecule has 0 aliphatic heterocycles. The molecule has 0 unspecified atom stereocenters. The molecule has 0 fully saturated rings. The molecule has 0 aromatic carbocycles. The molecule has 2 aromatic rings. The van der Waals surface area contributed by atoms with Crippen molar-refractivity contribution in [3.8, 4) is 0 Å². The van der Waals surface area contributed by atoms with Crippen molar-refractivity contribution in [1.29, 1.82) is 0 Å². The number of aryl methyl sites for hydroxylation is 1. The van der Waals surface area contributed by atoms with Crippen LogP contribution in [0.4, 0.5) is 0 Å². The molecule has 0 saturated carbocycles. The first-order chi connectivity index (χ1) is 10.1. The van der Waals surface area contributed by atoms with Crippen molar-refractivity contribution in [3.05, 3.63) is 35.8 Å². The Kier molecular flexibility index (Phi) is 4.96. The Balaban J connectivity index is 2.09. The molecule has 0 aliphatic rings. The zero-order chi connectivity index (χ0) is 15.4. The highest BCUT2D eigenvalue weighted by Gasteiger charge is 2.16. The first kappa shape index (κ1) is 15.5. The molecule has 0 spiro atoms. The van der Waals surface area contributed by atoms with E-state index in [2.05, 4.69) is 23.7 Å². The third-order valence-electron chi connectivity index (χ3n) is 3.91. The number of likely N-dealkylation sites (N-methyl/N-ethyl adjacent to an activating group) is 2. The van der Waals surface area contributed by atoms with Gasteiger partial charge in [0.15, 0.2) is 0 Å². The Bertz CT molecular complexity index is 616. The van der Waals surface area contributed by atoms with Gasteiger partial charge in [-0.3, -0.25) is 4.79 Å². The van der Waals surface area contributed by atoms with Crippen molar-refractivity contribution < 1.29 is 4.79 Å². The van der Waals surface area contributed by atoms with Gasteiger partial charge in [0.1, 0.15) is 11.3 Å². The van der Waals surface area contributed by atoms with Crippen LogP contribution in [0, 0.1) is 6.92 Å². The van der Waals surface area contributed by atoms with E-state index in [4.69, 9.17) is 0 Å². The van der Waals surface area contributed by atoms with Gasteiger partial charge in [-0.15, -0.1) is 0 Å². The average Bonchev–Trinajstić information content (AvgIpc) is 2.92. The second kappa shape index (κ2) is 6.72. The SMILES string of the molecule is CCN(CC)CCN(C)C(=O)c1cn2c(C)cccc2n1. The van der Waals surface area contributed by atoms with E-state index < -0.39 is 0 Å². The van der Waals surface area contributed by atoms with Crippen LogP contribution >= 0.6 is 0 Å². The van der Waals surface area contributed by atoms with Crippen molar-refractivity contribution in [1.82, 2.24) is 19.2 Å². The number of nitrogens with zero attached hydrogens (tertiary/aromatic N) is 4. The highest BCUT2D eigenvalue weighted by molar-refractivity contribution is 5.92. The van der Waals surface area contributed by atoms with Crippen molar-refractivity contribution in [2.75, 3.05) is 33.2 Å². The van der Waals surface area contributed by atoms with Gasteiger partial charge in [-0.1, -0.05) is 19.9 Å². The maximum Gasteiger partial charge on any atom is 0.273 e. The topological polar surface area (TPSA) is 40.9 Å². The van der Waals surface area contributed by atoms with Gasteiger partial charge in [-0.25, -0.2) is 4.98 Å². The summed E-state index contributed by atoms with van der Waals surface area (Å²) in [7, 11) is 1.84. The standard InChI is InChI=1S/C16H24N4O/c1-5-19(6-2)11-10-18(4)16(21)14-12-20-13(3)8-7-9-15(20)17-14/h7-9,12H,5-6,10-11H2,1-4H3. The fourth-order valence-corrected chi connectivity index (χ4v) is 2.38. The van der Waals surface area contributed by atoms with E-state index >= 15 is 0 Å². The van der Waals surface area contributed by atoms with Crippen LogP contribution in [0.3, 0.4) is 0 Å². The van der Waals surface area contributed by atoms with Crippen LogP contribution in [0.25, 0.3) is 5.65 Å². The molecule has 114 valence electrons. The molecule has 2 aromatic heterocycles. The van der Waals surface area contributed by atoms with Gasteiger partial charge in [0.25, 0.3) is 5.91 Å². The summed E-state index contributed by atoms with van der Waals surface area (Å²) in [5, 5.41) is 0. The van der Waals surface area contributed by atoms with Crippen LogP contribution in [-0.2, 0) is 0 Å². The van der Waals surface area contributed by atoms with Crippen LogP contribution < -0.4 is 0 Å². The first-order valence-electron chi connectivity index (χ1n) is 7.49. The maximum absolute atomic E-state index is 12.4. The number of fused-ring (bicyclic) bond motifs is 1. The summed E-state index contributed by atoms with van der Waals surface area (Å²) in [5.41, 5.74) is 2.40. The number of amides is 1. The van der Waals surface area contributed by atoms with Crippen molar-refractivity contribution >= 4 is 11.6 Å². The van der Waals surface area contributed by atoms with Gasteiger partial charge in [0, 0.05) is 32.0 Å². The second-order valence-electron chi connectivity index (χ2n) is 5.28. The van der Waals surface area contributed by atoms with Gasteiger partial charge in [0.2, 0.25) is 0 Å². The summed E-state index contributed by atoms with van der Waals surface area (Å²) >= 11 is 0. The third-order valence-corrected chi connectivity index (χ3v) is 3.91. The molecule has 21 heavy (non-hydrogen) atoms. The molecule has 0 atom stereocenters. The fraction of sp³-hybridized carbons (Fsp3) is 0.500. The molecule has 2 heterocycles. The largest absolute Gasteiger partial charge is 0.339 e. The van der Waals surface area contributed by atoms with Crippen LogP contribution in [0.1, 0.15) is 30.0 Å². The summed E-state index contributed by atoms with van der Waals surface area (Å²) in [6.45, 7) is 9.90. The summed E-state index contributed by atoms with van der Waals surface area (Å²) < 4.78 is 1.95. The monoisotopic (exact) mass is 288 g/mol. The number of carbonyl (C=O) groups is 1. The lowest BCUT2D eigenvalue weighted by molar-refractivity contribution is 0.0774. The minimum absolute atomic E-state index is 0.0229. The zero-order valence-electron chi connectivity index (χ0n) is 13.3. The Hall–Kier alpha value is -1.88. The molecule has 5 nitrogen and oxygen atoms in total. The second-order valence-corrected chi connectivity index (χ2v) is 5.28. The number of imidazole rings is 1. The van der Waals surface area contributed by atoms with E-state index in [1.54, 1.807) is 4.90 Å². The Morgan fingerprint density at radius 1 is 1.24 bits per heavy atom. The van der Waals surface area contributed by atoms with Crippen molar-refractivity contribution in [2.45, 2.75) is 20.8 Å². The normalized spacial score (nSPS) is 11.3. The fourth-order valence-electron chi connectivity index (χ4n) is 2.38. The number of pyridine rings is 1. The van der Waals surface area contributed by atoms with Gasteiger partial charge in [-0.05, 0) is 32.1 Å². The summed E-state index contributed by atoms with van der Waals surface area (Å²) in [4.78, 5) is 20.9. The smallest absolute Gasteiger partial charge is 0.273 e. The number of rotatable bonds is 6. The van der Waals surface area contributed by atoms with Gasteiger partial charge < -0.3 is 14.2 Å². The minimum Gasteiger partial charge on any atom is -0.339 e. The van der Waals surface area contributed by atoms with E-state index in [1.165, 1.54) is 0 Å². The zero-order valence-corrected chi connectivity index (χ0v) is 13.3. The Morgan fingerprint density at radius 2 is 1.95 bits per heavy atom. The molecule has 0 bridgehead atoms. The maximum atomic E-state index is 12.4. The summed E-state index contributed by atoms with van der Waals surface area (Å²) in [5.74, 6) is -0.0229. The molecule has 0 aliphatic carbocycles. The summed E-state index contributed by atoms with van der Waals surface area (Å²) in [6, 6.07) is 5.88. The van der Waals surface area contributed by atoms with E-state index in [9.17, 15) is 4.79 Å². The van der Waals surface area contributed by atoms with Crippen LogP contribution in [0.2, 0.25) is 0 Å². The quantitative estimate of drug-likeness (QED) is 0.817. The number of aromatic nitrogens is 2. The lowest BCUT2D eigenvalue weighted by atomic mass is 10.3. The molecule has 2 rings (SSSR count). The first-order valence-corrected chi connectivity index (χ1v) is 7.49. The molecule has 5 heteroatoms. The van der Waals surface area contributed by atoms with Crippen molar-refractivity contribution in [2.24, 2.45) is 0 Å². The van der Waals surface area contributed by atoms with E-state index in [0.29, 0.717) is 12.2 Å².